The molecule has 0 radical (unpaired) electrons. The van der Waals surface area contributed by atoms with Gasteiger partial charge in [-0.05, 0) is 56.0 Å². The van der Waals surface area contributed by atoms with E-state index in [1.54, 1.807) is 11.9 Å². The van der Waals surface area contributed by atoms with Crippen LogP contribution in [0.25, 0.3) is 0 Å². The Bertz CT molecular complexity index is 1070. The van der Waals surface area contributed by atoms with Crippen molar-refractivity contribution in [2.24, 2.45) is 4.99 Å². The van der Waals surface area contributed by atoms with Gasteiger partial charge in [0.25, 0.3) is 0 Å². The molecule has 1 aromatic carbocycles. The Morgan fingerprint density at radius 2 is 2.19 bits per heavy atom. The minimum atomic E-state index is -0.153. The summed E-state index contributed by atoms with van der Waals surface area (Å²) in [6.45, 7) is 3.15. The van der Waals surface area contributed by atoms with Crippen LogP contribution in [0.4, 0.5) is 11.5 Å². The van der Waals surface area contributed by atoms with E-state index in [-0.39, 0.29) is 12.5 Å². The molecular formula is C22H26N7O2S+. The summed E-state index contributed by atoms with van der Waals surface area (Å²) in [5.41, 5.74) is 1.95. The molecule has 1 amide bonds. The van der Waals surface area contributed by atoms with Crippen LogP contribution in [0.5, 0.6) is 0 Å². The van der Waals surface area contributed by atoms with Crippen LogP contribution in [-0.4, -0.2) is 46.0 Å². The fourth-order valence-electron chi connectivity index (χ4n) is 3.57. The van der Waals surface area contributed by atoms with E-state index in [2.05, 4.69) is 42.4 Å². The summed E-state index contributed by atoms with van der Waals surface area (Å²) in [5.74, 6) is 3.31. The number of amidine groups is 1. The number of rotatable bonds is 9. The molecule has 1 aliphatic carbocycles. The average molecular weight is 453 g/mol. The van der Waals surface area contributed by atoms with Crippen molar-refractivity contribution < 1.29 is 14.4 Å². The SMILES string of the molecule is CCOCC(=O)Nc1ccc(SN2C=C(Nc3cc(C4CC4)[nH]n3)[NH+]3C=CN=C3C2)cc1. The highest BCUT2D eigenvalue weighted by molar-refractivity contribution is 7.97. The van der Waals surface area contributed by atoms with Gasteiger partial charge in [0.2, 0.25) is 17.6 Å². The highest BCUT2D eigenvalue weighted by Crippen LogP contribution is 2.39. The Morgan fingerprint density at radius 1 is 1.34 bits per heavy atom. The van der Waals surface area contributed by atoms with Gasteiger partial charge >= 0.3 is 0 Å². The summed E-state index contributed by atoms with van der Waals surface area (Å²) in [4.78, 5) is 18.5. The predicted octanol–water partition coefficient (Wildman–Crippen LogP) is 2.26. The maximum Gasteiger partial charge on any atom is 0.250 e. The second-order valence-electron chi connectivity index (χ2n) is 7.83. The molecule has 32 heavy (non-hydrogen) atoms. The number of hydrogen-bond acceptors (Lipinski definition) is 7. The Balaban J connectivity index is 1.25. The standard InChI is InChI=1S/C22H25N7O2S/c1-2-31-14-22(30)24-16-5-7-17(8-6-16)32-28-12-20-23-9-10-29(20)21(13-28)25-19-11-18(26-27-19)15-3-4-15/h5-11,13,15H,2-4,12,14H2,1H3,(H,24,30)(H2,25,26,27)/p+1. The lowest BCUT2D eigenvalue weighted by Gasteiger charge is -2.27. The molecule has 1 unspecified atom stereocenters. The van der Waals surface area contributed by atoms with E-state index < -0.39 is 0 Å². The van der Waals surface area contributed by atoms with Crippen LogP contribution in [0.2, 0.25) is 0 Å². The molecule has 1 atom stereocenters. The number of quaternary nitrogens is 1. The van der Waals surface area contributed by atoms with E-state index in [0.717, 1.165) is 33.0 Å². The Labute approximate surface area is 190 Å². The number of anilines is 2. The topological polar surface area (TPSA) is 99.1 Å². The number of hydrogen-bond donors (Lipinski definition) is 4. The summed E-state index contributed by atoms with van der Waals surface area (Å²) in [7, 11) is 0. The first-order chi connectivity index (χ1) is 15.7. The number of carbonyl (C=O) groups is 1. The van der Waals surface area contributed by atoms with E-state index in [0.29, 0.717) is 19.1 Å². The fourth-order valence-corrected chi connectivity index (χ4v) is 4.45. The predicted molar refractivity (Wildman–Crippen MR) is 124 cm³/mol. The van der Waals surface area contributed by atoms with Crippen molar-refractivity contribution >= 4 is 35.2 Å². The molecule has 9 nitrogen and oxygen atoms in total. The number of aromatic nitrogens is 2. The number of carbonyl (C=O) groups excluding carboxylic acids is 1. The van der Waals surface area contributed by atoms with Gasteiger partial charge in [0.05, 0.1) is 12.4 Å². The van der Waals surface area contributed by atoms with Gasteiger partial charge in [0.1, 0.15) is 19.4 Å². The molecule has 3 aliphatic rings. The maximum absolute atomic E-state index is 11.8. The van der Waals surface area contributed by atoms with E-state index in [1.165, 1.54) is 18.5 Å². The first-order valence-electron chi connectivity index (χ1n) is 10.8. The number of H-pyrrole nitrogens is 1. The molecule has 0 saturated heterocycles. The van der Waals surface area contributed by atoms with Crippen LogP contribution in [-0.2, 0) is 9.53 Å². The summed E-state index contributed by atoms with van der Waals surface area (Å²) in [6, 6.07) is 9.87. The zero-order valence-corrected chi connectivity index (χ0v) is 18.6. The second kappa shape index (κ2) is 9.19. The van der Waals surface area contributed by atoms with E-state index in [4.69, 9.17) is 4.74 Å². The second-order valence-corrected chi connectivity index (χ2v) is 8.95. The lowest BCUT2D eigenvalue weighted by molar-refractivity contribution is -0.699. The largest absolute Gasteiger partial charge is 0.372 e. The minimum Gasteiger partial charge on any atom is -0.372 e. The van der Waals surface area contributed by atoms with Crippen molar-refractivity contribution in [2.75, 3.05) is 30.4 Å². The number of aliphatic imine (C=N–C) groups is 1. The first kappa shape index (κ1) is 20.8. The molecule has 2 aromatic rings. The molecule has 1 fully saturated rings. The molecule has 4 N–H and O–H groups in total. The molecule has 0 bridgehead atoms. The zero-order valence-electron chi connectivity index (χ0n) is 17.8. The lowest BCUT2D eigenvalue weighted by atomic mass is 10.3. The molecule has 1 aromatic heterocycles. The van der Waals surface area contributed by atoms with Gasteiger partial charge in [-0.15, -0.1) is 0 Å². The van der Waals surface area contributed by atoms with E-state index >= 15 is 0 Å². The van der Waals surface area contributed by atoms with Crippen molar-refractivity contribution in [3.05, 3.63) is 60.4 Å². The van der Waals surface area contributed by atoms with Gasteiger partial charge in [-0.1, -0.05) is 0 Å². The average Bonchev–Trinajstić information content (AvgIpc) is 3.34. The highest BCUT2D eigenvalue weighted by Gasteiger charge is 2.32. The quantitative estimate of drug-likeness (QED) is 0.436. The third-order valence-electron chi connectivity index (χ3n) is 5.33. The maximum atomic E-state index is 11.8. The normalized spacial score (nSPS) is 19.4. The van der Waals surface area contributed by atoms with Crippen molar-refractivity contribution in [3.8, 4) is 0 Å². The van der Waals surface area contributed by atoms with Gasteiger partial charge in [-0.25, -0.2) is 9.89 Å². The van der Waals surface area contributed by atoms with Crippen molar-refractivity contribution in [1.82, 2.24) is 14.5 Å². The molecule has 10 heteroatoms. The Kier molecular flexibility index (Phi) is 5.97. The third kappa shape index (κ3) is 4.87. The number of ether oxygens (including phenoxy) is 1. The monoisotopic (exact) mass is 452 g/mol. The molecule has 5 rings (SSSR count). The number of aromatic amines is 1. The van der Waals surface area contributed by atoms with Gasteiger partial charge in [0, 0.05) is 34.9 Å². The Hall–Kier alpha value is -3.08. The van der Waals surface area contributed by atoms with Crippen LogP contribution in [0, 0.1) is 0 Å². The molecule has 2 aliphatic heterocycles. The summed E-state index contributed by atoms with van der Waals surface area (Å²) in [6.07, 6.45) is 8.44. The number of benzene rings is 1. The summed E-state index contributed by atoms with van der Waals surface area (Å²) >= 11 is 1.62. The van der Waals surface area contributed by atoms with Gasteiger partial charge in [-0.3, -0.25) is 19.5 Å². The van der Waals surface area contributed by atoms with Crippen LogP contribution >= 0.6 is 11.9 Å². The number of nitrogens with one attached hydrogen (secondary N) is 4. The number of fused-ring (bicyclic) bond motifs is 1. The molecule has 0 spiro atoms. The van der Waals surface area contributed by atoms with Crippen molar-refractivity contribution in [2.45, 2.75) is 30.6 Å². The third-order valence-corrected chi connectivity index (χ3v) is 6.28. The first-order valence-corrected chi connectivity index (χ1v) is 11.5. The van der Waals surface area contributed by atoms with Gasteiger partial charge < -0.3 is 10.1 Å². The molecular weight excluding hydrogens is 426 g/mol. The van der Waals surface area contributed by atoms with Gasteiger partial charge in [-0.2, -0.15) is 5.10 Å². The van der Waals surface area contributed by atoms with E-state index in [9.17, 15) is 4.79 Å². The fraction of sp³-hybridized carbons (Fsp3) is 0.318. The zero-order chi connectivity index (χ0) is 21.9. The molecule has 3 heterocycles. The smallest absolute Gasteiger partial charge is 0.250 e. The Morgan fingerprint density at radius 3 is 2.97 bits per heavy atom. The van der Waals surface area contributed by atoms with Crippen LogP contribution < -0.4 is 15.5 Å². The molecule has 166 valence electrons. The molecule has 1 saturated carbocycles. The van der Waals surface area contributed by atoms with Crippen LogP contribution in [0.3, 0.4) is 0 Å². The minimum absolute atomic E-state index is 0.0640. The van der Waals surface area contributed by atoms with Crippen molar-refractivity contribution in [3.63, 3.8) is 0 Å². The number of nitrogens with zero attached hydrogens (tertiary/aromatic N) is 3. The van der Waals surface area contributed by atoms with E-state index in [1.807, 2.05) is 43.6 Å². The van der Waals surface area contributed by atoms with Crippen molar-refractivity contribution in [1.29, 1.82) is 0 Å². The lowest BCUT2D eigenvalue weighted by Crippen LogP contribution is -3.10. The van der Waals surface area contributed by atoms with Crippen LogP contribution in [0.1, 0.15) is 31.4 Å². The highest BCUT2D eigenvalue weighted by atomic mass is 32.2. The summed E-state index contributed by atoms with van der Waals surface area (Å²) in [5, 5.41) is 13.9. The summed E-state index contributed by atoms with van der Waals surface area (Å²) < 4.78 is 7.28. The van der Waals surface area contributed by atoms with Gasteiger partial charge in [0.15, 0.2) is 5.82 Å². The van der Waals surface area contributed by atoms with Crippen LogP contribution in [0.15, 0.2) is 64.6 Å². The number of amides is 1.